The molecule has 1 aliphatic heterocycles. The number of hydrogen-bond donors (Lipinski definition) is 0. The van der Waals surface area contributed by atoms with E-state index in [1.54, 1.807) is 25.1 Å². The molecular weight excluding hydrogens is 522 g/mol. The van der Waals surface area contributed by atoms with E-state index >= 15 is 0 Å². The molecule has 1 aliphatic rings. The van der Waals surface area contributed by atoms with Crippen LogP contribution in [0.1, 0.15) is 37.5 Å². The Balaban J connectivity index is 1.84. The summed E-state index contributed by atoms with van der Waals surface area (Å²) in [4.78, 5) is 38.5. The zero-order valence-electron chi connectivity index (χ0n) is 19.4. The first-order valence-electron chi connectivity index (χ1n) is 10.8. The van der Waals surface area contributed by atoms with Crippen LogP contribution in [0, 0.1) is 6.92 Å². The van der Waals surface area contributed by atoms with Gasteiger partial charge >= 0.3 is 5.97 Å². The van der Waals surface area contributed by atoms with Gasteiger partial charge in [-0.05, 0) is 84.7 Å². The van der Waals surface area contributed by atoms with Crippen LogP contribution < -0.4 is 9.47 Å². The molecule has 0 spiro atoms. The molecular formula is C25H26BrNO6S. The predicted molar refractivity (Wildman–Crippen MR) is 135 cm³/mol. The Bertz CT molecular complexity index is 1120. The number of carbonyl (C=O) groups is 3. The van der Waals surface area contributed by atoms with Gasteiger partial charge in [0.1, 0.15) is 12.6 Å². The van der Waals surface area contributed by atoms with Gasteiger partial charge in [0.05, 0.1) is 22.6 Å². The molecule has 9 heteroatoms. The van der Waals surface area contributed by atoms with Crippen LogP contribution >= 0.6 is 27.7 Å². The standard InChI is InChI=1S/C25H26BrNO6S/c1-5-31-20-12-18(11-19(26)22(20)33-14-17-9-7-15(3)8-10-17)13-21-23(28)27(25(30)34-21)16(4)24(29)32-6-2/h7-13,16H,5-6,14H2,1-4H3/b21-13+/t16-/m1/s1. The number of rotatable bonds is 9. The SMILES string of the molecule is CCOC(=O)[C@@H](C)N1C(=O)S/C(=C/c2cc(Br)c(OCc3ccc(C)cc3)c(OCC)c2)C1=O. The number of amides is 2. The molecule has 2 aromatic rings. The lowest BCUT2D eigenvalue weighted by atomic mass is 10.1. The maximum absolute atomic E-state index is 12.9. The molecule has 0 aliphatic carbocycles. The highest BCUT2D eigenvalue weighted by Crippen LogP contribution is 2.40. The number of ether oxygens (including phenoxy) is 3. The Kier molecular flexibility index (Phi) is 8.79. The second-order valence-electron chi connectivity index (χ2n) is 7.52. The summed E-state index contributed by atoms with van der Waals surface area (Å²) in [6.07, 6.45) is 1.60. The highest BCUT2D eigenvalue weighted by Gasteiger charge is 2.41. The van der Waals surface area contributed by atoms with Gasteiger partial charge < -0.3 is 14.2 Å². The number of aryl methyl sites for hydroxylation is 1. The molecule has 2 amide bonds. The van der Waals surface area contributed by atoms with Crippen molar-refractivity contribution in [2.75, 3.05) is 13.2 Å². The molecule has 0 bridgehead atoms. The Labute approximate surface area is 211 Å². The lowest BCUT2D eigenvalue weighted by Gasteiger charge is -2.19. The molecule has 0 aromatic heterocycles. The van der Waals surface area contributed by atoms with Crippen LogP contribution in [0.25, 0.3) is 6.08 Å². The van der Waals surface area contributed by atoms with Gasteiger partial charge in [0, 0.05) is 0 Å². The van der Waals surface area contributed by atoms with Gasteiger partial charge in [-0.2, -0.15) is 0 Å². The fourth-order valence-corrected chi connectivity index (χ4v) is 4.73. The van der Waals surface area contributed by atoms with E-state index in [2.05, 4.69) is 15.9 Å². The minimum absolute atomic E-state index is 0.168. The quantitative estimate of drug-likeness (QED) is 0.293. The Morgan fingerprint density at radius 3 is 2.47 bits per heavy atom. The molecule has 2 aromatic carbocycles. The number of hydrogen-bond acceptors (Lipinski definition) is 7. The predicted octanol–water partition coefficient (Wildman–Crippen LogP) is 5.72. The lowest BCUT2D eigenvalue weighted by molar-refractivity contribution is -0.150. The van der Waals surface area contributed by atoms with E-state index in [-0.39, 0.29) is 11.5 Å². The number of imide groups is 1. The molecule has 34 heavy (non-hydrogen) atoms. The summed E-state index contributed by atoms with van der Waals surface area (Å²) in [5.74, 6) is -0.107. The summed E-state index contributed by atoms with van der Waals surface area (Å²) in [6.45, 7) is 7.99. The van der Waals surface area contributed by atoms with Gasteiger partial charge in [-0.1, -0.05) is 29.8 Å². The van der Waals surface area contributed by atoms with Gasteiger partial charge in [0.2, 0.25) is 0 Å². The van der Waals surface area contributed by atoms with Crippen molar-refractivity contribution in [2.45, 2.75) is 40.3 Å². The third-order valence-corrected chi connectivity index (χ3v) is 6.44. The molecule has 0 saturated carbocycles. The minimum Gasteiger partial charge on any atom is -0.490 e. The van der Waals surface area contributed by atoms with E-state index in [0.717, 1.165) is 22.2 Å². The van der Waals surface area contributed by atoms with Crippen molar-refractivity contribution < 1.29 is 28.6 Å². The van der Waals surface area contributed by atoms with Crippen LogP contribution in [-0.4, -0.2) is 41.3 Å². The first-order valence-corrected chi connectivity index (χ1v) is 12.4. The molecule has 1 atom stereocenters. The molecule has 180 valence electrons. The second kappa shape index (κ2) is 11.6. The van der Waals surface area contributed by atoms with Crippen molar-refractivity contribution in [3.63, 3.8) is 0 Å². The van der Waals surface area contributed by atoms with Gasteiger partial charge in [-0.25, -0.2) is 4.79 Å². The average molecular weight is 548 g/mol. The van der Waals surface area contributed by atoms with Crippen molar-refractivity contribution in [2.24, 2.45) is 0 Å². The average Bonchev–Trinajstić information content (AvgIpc) is 3.07. The van der Waals surface area contributed by atoms with Crippen molar-refractivity contribution >= 4 is 50.9 Å². The highest BCUT2D eigenvalue weighted by molar-refractivity contribution is 9.10. The second-order valence-corrected chi connectivity index (χ2v) is 9.36. The van der Waals surface area contributed by atoms with Crippen LogP contribution in [-0.2, 0) is 20.9 Å². The van der Waals surface area contributed by atoms with Crippen molar-refractivity contribution in [1.29, 1.82) is 0 Å². The zero-order chi connectivity index (χ0) is 24.8. The molecule has 0 unspecified atom stereocenters. The monoisotopic (exact) mass is 547 g/mol. The van der Waals surface area contributed by atoms with Crippen molar-refractivity contribution in [3.05, 3.63) is 62.5 Å². The molecule has 1 fully saturated rings. The first kappa shape index (κ1) is 25.8. The third-order valence-electron chi connectivity index (χ3n) is 4.97. The van der Waals surface area contributed by atoms with Crippen LogP contribution in [0.3, 0.4) is 0 Å². The number of thioether (sulfide) groups is 1. The van der Waals surface area contributed by atoms with E-state index in [9.17, 15) is 14.4 Å². The van der Waals surface area contributed by atoms with E-state index in [0.29, 0.717) is 34.7 Å². The lowest BCUT2D eigenvalue weighted by Crippen LogP contribution is -2.42. The van der Waals surface area contributed by atoms with E-state index in [1.165, 1.54) is 12.5 Å². The van der Waals surface area contributed by atoms with Crippen LogP contribution in [0.4, 0.5) is 4.79 Å². The number of benzene rings is 2. The first-order chi connectivity index (χ1) is 16.2. The summed E-state index contributed by atoms with van der Waals surface area (Å²) in [6, 6.07) is 10.6. The topological polar surface area (TPSA) is 82.1 Å². The Morgan fingerprint density at radius 1 is 1.12 bits per heavy atom. The maximum Gasteiger partial charge on any atom is 0.329 e. The number of halogens is 1. The fourth-order valence-electron chi connectivity index (χ4n) is 3.25. The molecule has 0 radical (unpaired) electrons. The Morgan fingerprint density at radius 2 is 1.82 bits per heavy atom. The van der Waals surface area contributed by atoms with Gasteiger partial charge in [0.25, 0.3) is 11.1 Å². The maximum atomic E-state index is 12.9. The van der Waals surface area contributed by atoms with Crippen LogP contribution in [0.5, 0.6) is 11.5 Å². The number of nitrogens with zero attached hydrogens (tertiary/aromatic N) is 1. The fraction of sp³-hybridized carbons (Fsp3) is 0.320. The van der Waals surface area contributed by atoms with E-state index < -0.39 is 23.2 Å². The van der Waals surface area contributed by atoms with Crippen LogP contribution in [0.15, 0.2) is 45.8 Å². The largest absolute Gasteiger partial charge is 0.490 e. The minimum atomic E-state index is -0.998. The van der Waals surface area contributed by atoms with Crippen molar-refractivity contribution in [3.8, 4) is 11.5 Å². The van der Waals surface area contributed by atoms with Gasteiger partial charge in [-0.3, -0.25) is 14.5 Å². The van der Waals surface area contributed by atoms with E-state index in [1.807, 2.05) is 38.1 Å². The molecule has 1 heterocycles. The summed E-state index contributed by atoms with van der Waals surface area (Å²) >= 11 is 4.32. The van der Waals surface area contributed by atoms with Crippen molar-refractivity contribution in [1.82, 2.24) is 4.90 Å². The summed E-state index contributed by atoms with van der Waals surface area (Å²) < 4.78 is 17.4. The number of esters is 1. The summed E-state index contributed by atoms with van der Waals surface area (Å²) in [7, 11) is 0. The zero-order valence-corrected chi connectivity index (χ0v) is 21.8. The summed E-state index contributed by atoms with van der Waals surface area (Å²) in [5, 5.41) is -0.515. The summed E-state index contributed by atoms with van der Waals surface area (Å²) in [5.41, 5.74) is 2.84. The number of carbonyl (C=O) groups excluding carboxylic acids is 3. The molecule has 7 nitrogen and oxygen atoms in total. The van der Waals surface area contributed by atoms with Gasteiger partial charge in [-0.15, -0.1) is 0 Å². The highest BCUT2D eigenvalue weighted by atomic mass is 79.9. The molecule has 0 N–H and O–H groups in total. The molecule has 1 saturated heterocycles. The van der Waals surface area contributed by atoms with Crippen LogP contribution in [0.2, 0.25) is 0 Å². The van der Waals surface area contributed by atoms with E-state index in [4.69, 9.17) is 14.2 Å². The van der Waals surface area contributed by atoms with Gasteiger partial charge in [0.15, 0.2) is 11.5 Å². The molecule has 3 rings (SSSR count). The third kappa shape index (κ3) is 6.01. The smallest absolute Gasteiger partial charge is 0.329 e. The Hall–Kier alpha value is -2.78. The normalized spacial score (nSPS) is 15.6.